The summed E-state index contributed by atoms with van der Waals surface area (Å²) < 4.78 is 2.36. The molecule has 0 aliphatic carbocycles. The van der Waals surface area contributed by atoms with Crippen molar-refractivity contribution in [1.29, 1.82) is 0 Å². The summed E-state index contributed by atoms with van der Waals surface area (Å²) >= 11 is 0. The molecule has 51 heavy (non-hydrogen) atoms. The Labute approximate surface area is 299 Å². The molecule has 0 spiro atoms. The number of nitrogens with zero attached hydrogens (tertiary/aromatic N) is 2. The Balaban J connectivity index is 1.30. The lowest BCUT2D eigenvalue weighted by Crippen LogP contribution is -2.28. The molecular formula is C49H38N2. The third-order valence-electron chi connectivity index (χ3n) is 9.55. The second-order valence-electron chi connectivity index (χ2n) is 12.7. The summed E-state index contributed by atoms with van der Waals surface area (Å²) in [5.74, 6) is 0. The Morgan fingerprint density at radius 3 is 1.98 bits per heavy atom. The fraction of sp³-hybridized carbons (Fsp3) is 0.0204. The van der Waals surface area contributed by atoms with Crippen LogP contribution in [0.15, 0.2) is 195 Å². The van der Waals surface area contributed by atoms with Gasteiger partial charge in [0.2, 0.25) is 0 Å². The van der Waals surface area contributed by atoms with Crippen molar-refractivity contribution in [3.63, 3.8) is 0 Å². The van der Waals surface area contributed by atoms with Crippen LogP contribution in [0.4, 0.5) is 11.4 Å². The molecule has 8 rings (SSSR count). The van der Waals surface area contributed by atoms with Gasteiger partial charge in [0.05, 0.1) is 16.6 Å². The van der Waals surface area contributed by atoms with E-state index in [0.29, 0.717) is 0 Å². The van der Waals surface area contributed by atoms with E-state index in [2.05, 4.69) is 205 Å². The van der Waals surface area contributed by atoms with E-state index in [1.807, 2.05) is 12.1 Å². The summed E-state index contributed by atoms with van der Waals surface area (Å²) in [7, 11) is 0. The fourth-order valence-electron chi connectivity index (χ4n) is 7.02. The first kappa shape index (κ1) is 31.6. The number of para-hydroxylation sites is 1. The van der Waals surface area contributed by atoms with E-state index in [9.17, 15) is 0 Å². The van der Waals surface area contributed by atoms with Crippen molar-refractivity contribution < 1.29 is 0 Å². The highest BCUT2D eigenvalue weighted by molar-refractivity contribution is 5.92. The van der Waals surface area contributed by atoms with E-state index in [-0.39, 0.29) is 0 Å². The first-order chi connectivity index (χ1) is 25.2. The van der Waals surface area contributed by atoms with Crippen LogP contribution in [-0.2, 0) is 6.42 Å². The highest BCUT2D eigenvalue weighted by Crippen LogP contribution is 2.37. The van der Waals surface area contributed by atoms with Gasteiger partial charge in [0.25, 0.3) is 0 Å². The van der Waals surface area contributed by atoms with E-state index >= 15 is 0 Å². The van der Waals surface area contributed by atoms with Gasteiger partial charge >= 0.3 is 0 Å². The van der Waals surface area contributed by atoms with Gasteiger partial charge in [-0.2, -0.15) is 0 Å². The number of benzene rings is 6. The lowest BCUT2D eigenvalue weighted by atomic mass is 9.95. The SMILES string of the molecule is C=C/C=c1\c(=C/Cc2ccccc2)c2cc(-c3ccc4c(c3)C(=C)/C=C\C=C/N4c3ccccc3)ccc2n1-c1ccc(-c2ccccc2)cc1. The van der Waals surface area contributed by atoms with Gasteiger partial charge in [-0.3, -0.25) is 0 Å². The number of rotatable bonds is 7. The summed E-state index contributed by atoms with van der Waals surface area (Å²) in [6.45, 7) is 8.59. The largest absolute Gasteiger partial charge is 0.317 e. The van der Waals surface area contributed by atoms with Crippen LogP contribution in [0, 0.1) is 0 Å². The Bertz CT molecular complexity index is 2550. The van der Waals surface area contributed by atoms with Crippen LogP contribution in [0.3, 0.4) is 0 Å². The fourth-order valence-corrected chi connectivity index (χ4v) is 7.02. The molecule has 7 aromatic rings. The van der Waals surface area contributed by atoms with Crippen LogP contribution < -0.4 is 15.5 Å². The smallest absolute Gasteiger partial charge is 0.0541 e. The number of anilines is 2. The second kappa shape index (κ2) is 14.1. The molecule has 0 bridgehead atoms. The molecule has 0 atom stereocenters. The van der Waals surface area contributed by atoms with Crippen molar-refractivity contribution in [2.75, 3.05) is 4.90 Å². The zero-order valence-corrected chi connectivity index (χ0v) is 28.5. The summed E-state index contributed by atoms with van der Waals surface area (Å²) in [6.07, 6.45) is 15.5. The maximum atomic E-state index is 4.46. The molecule has 1 aliphatic heterocycles. The van der Waals surface area contributed by atoms with Crippen molar-refractivity contribution in [3.8, 4) is 27.9 Å². The molecule has 0 fully saturated rings. The van der Waals surface area contributed by atoms with E-state index in [4.69, 9.17) is 0 Å². The Morgan fingerprint density at radius 2 is 1.24 bits per heavy atom. The van der Waals surface area contributed by atoms with Crippen molar-refractivity contribution in [2.24, 2.45) is 0 Å². The standard InChI is InChI=1S/C49H38N2/c1-3-15-48-44(30-23-37-17-7-4-8-18-37)46-35-41(27-32-49(46)51(48)43-28-24-39(25-29-43)38-19-9-5-10-20-38)40-26-31-47-45(34-40)36(2)16-13-14-33-50(47)42-21-11-6-12-22-42/h3-22,24-35H,1-2,23H2/b16-13-,33-14-,44-30-,48-15+. The van der Waals surface area contributed by atoms with Gasteiger partial charge in [0, 0.05) is 33.7 Å². The Kier molecular flexibility index (Phi) is 8.72. The number of hydrogen-bond donors (Lipinski definition) is 0. The summed E-state index contributed by atoms with van der Waals surface area (Å²) in [6, 6.07) is 54.1. The molecule has 244 valence electrons. The van der Waals surface area contributed by atoms with Crippen LogP contribution in [0.2, 0.25) is 0 Å². The maximum absolute atomic E-state index is 4.46. The number of fused-ring (bicyclic) bond motifs is 2. The van der Waals surface area contributed by atoms with E-state index in [1.165, 1.54) is 27.3 Å². The van der Waals surface area contributed by atoms with E-state index in [0.717, 1.165) is 56.6 Å². The van der Waals surface area contributed by atoms with Crippen LogP contribution >= 0.6 is 0 Å². The minimum Gasteiger partial charge on any atom is -0.317 e. The van der Waals surface area contributed by atoms with Gasteiger partial charge in [-0.1, -0.05) is 141 Å². The average molecular weight is 655 g/mol. The van der Waals surface area contributed by atoms with E-state index < -0.39 is 0 Å². The minimum absolute atomic E-state index is 0.822. The van der Waals surface area contributed by atoms with Gasteiger partial charge in [-0.05, 0) is 100 Å². The third kappa shape index (κ3) is 6.32. The van der Waals surface area contributed by atoms with Crippen LogP contribution in [0.5, 0.6) is 0 Å². The van der Waals surface area contributed by atoms with Gasteiger partial charge in [0.1, 0.15) is 0 Å². The predicted octanol–water partition coefficient (Wildman–Crippen LogP) is 11.2. The van der Waals surface area contributed by atoms with Crippen LogP contribution in [0.1, 0.15) is 11.1 Å². The number of allylic oxidation sites excluding steroid dienone is 5. The van der Waals surface area contributed by atoms with Crippen molar-refractivity contribution in [3.05, 3.63) is 217 Å². The predicted molar refractivity (Wildman–Crippen MR) is 219 cm³/mol. The summed E-state index contributed by atoms with van der Waals surface area (Å²) in [5.41, 5.74) is 12.5. The Morgan fingerprint density at radius 1 is 0.588 bits per heavy atom. The average Bonchev–Trinajstić information content (AvgIpc) is 3.49. The minimum atomic E-state index is 0.822. The highest BCUT2D eigenvalue weighted by Gasteiger charge is 2.17. The molecule has 0 saturated heterocycles. The van der Waals surface area contributed by atoms with E-state index in [1.54, 1.807) is 0 Å². The molecule has 0 unspecified atom stereocenters. The van der Waals surface area contributed by atoms with Crippen molar-refractivity contribution in [1.82, 2.24) is 4.57 Å². The summed E-state index contributed by atoms with van der Waals surface area (Å²) in [5, 5.41) is 3.51. The van der Waals surface area contributed by atoms with Gasteiger partial charge in [-0.25, -0.2) is 0 Å². The second-order valence-corrected chi connectivity index (χ2v) is 12.7. The lowest BCUT2D eigenvalue weighted by Gasteiger charge is -2.25. The highest BCUT2D eigenvalue weighted by atomic mass is 15.1. The third-order valence-corrected chi connectivity index (χ3v) is 9.55. The molecule has 0 N–H and O–H groups in total. The van der Waals surface area contributed by atoms with Gasteiger partial charge in [-0.15, -0.1) is 0 Å². The van der Waals surface area contributed by atoms with Gasteiger partial charge in [0.15, 0.2) is 0 Å². The quantitative estimate of drug-likeness (QED) is 0.166. The zero-order chi connectivity index (χ0) is 34.6. The normalized spacial score (nSPS) is 14.6. The first-order valence-electron chi connectivity index (χ1n) is 17.4. The molecule has 2 heterocycles. The van der Waals surface area contributed by atoms with Gasteiger partial charge < -0.3 is 9.47 Å². The molecule has 0 amide bonds. The topological polar surface area (TPSA) is 8.17 Å². The Hall–Kier alpha value is -6.64. The molecule has 1 aliphatic rings. The molecule has 6 aromatic carbocycles. The summed E-state index contributed by atoms with van der Waals surface area (Å²) in [4.78, 5) is 2.23. The lowest BCUT2D eigenvalue weighted by molar-refractivity contribution is 1.07. The number of aromatic nitrogens is 1. The molecule has 0 saturated carbocycles. The van der Waals surface area contributed by atoms with Crippen molar-refractivity contribution in [2.45, 2.75) is 6.42 Å². The number of hydrogen-bond acceptors (Lipinski definition) is 1. The van der Waals surface area contributed by atoms with Crippen LogP contribution in [-0.4, -0.2) is 4.57 Å². The van der Waals surface area contributed by atoms with Crippen LogP contribution in [0.25, 0.3) is 56.6 Å². The maximum Gasteiger partial charge on any atom is 0.0541 e. The molecule has 2 nitrogen and oxygen atoms in total. The molecule has 1 aromatic heterocycles. The monoisotopic (exact) mass is 654 g/mol. The zero-order valence-electron chi connectivity index (χ0n) is 28.5. The molecule has 2 heteroatoms. The van der Waals surface area contributed by atoms with Crippen molar-refractivity contribution >= 4 is 40.0 Å². The first-order valence-corrected chi connectivity index (χ1v) is 17.4. The molecule has 0 radical (unpaired) electrons. The molecular weight excluding hydrogens is 617 g/mol.